The van der Waals surface area contributed by atoms with Crippen molar-refractivity contribution < 1.29 is 8.91 Å². The Hall–Kier alpha value is -1.86. The van der Waals surface area contributed by atoms with Crippen LogP contribution >= 0.6 is 23.1 Å². The van der Waals surface area contributed by atoms with Gasteiger partial charge in [0, 0.05) is 10.6 Å². The lowest BCUT2D eigenvalue weighted by molar-refractivity contribution is 0.426. The van der Waals surface area contributed by atoms with Crippen LogP contribution < -0.4 is 5.73 Å². The van der Waals surface area contributed by atoms with E-state index in [1.54, 1.807) is 6.07 Å². The zero-order chi connectivity index (χ0) is 13.9. The molecule has 3 aromatic rings. The van der Waals surface area contributed by atoms with Crippen molar-refractivity contribution >= 4 is 28.8 Å². The monoisotopic (exact) mass is 307 g/mol. The van der Waals surface area contributed by atoms with Crippen molar-refractivity contribution in [1.29, 1.82) is 0 Å². The molecule has 0 aliphatic rings. The highest BCUT2D eigenvalue weighted by Crippen LogP contribution is 2.29. The van der Waals surface area contributed by atoms with Gasteiger partial charge < -0.3 is 10.3 Å². The van der Waals surface area contributed by atoms with Gasteiger partial charge in [-0.15, -0.1) is 23.1 Å². The summed E-state index contributed by atoms with van der Waals surface area (Å²) in [4.78, 5) is 5.90. The van der Waals surface area contributed by atoms with Gasteiger partial charge in [0.25, 0.3) is 5.89 Å². The summed E-state index contributed by atoms with van der Waals surface area (Å²) in [5.74, 6) is 1.22. The molecule has 2 heterocycles. The number of nitrogen functional groups attached to an aromatic ring is 1. The number of rotatable bonds is 4. The molecule has 0 amide bonds. The molecule has 4 nitrogen and oxygen atoms in total. The Morgan fingerprint density at radius 1 is 1.35 bits per heavy atom. The third-order valence-electron chi connectivity index (χ3n) is 2.53. The van der Waals surface area contributed by atoms with Crippen molar-refractivity contribution in [1.82, 2.24) is 10.1 Å². The molecule has 0 aliphatic heterocycles. The van der Waals surface area contributed by atoms with Crippen LogP contribution in [0, 0.1) is 5.82 Å². The Morgan fingerprint density at radius 3 is 3.05 bits per heavy atom. The van der Waals surface area contributed by atoms with Gasteiger partial charge in [-0.2, -0.15) is 4.98 Å². The Morgan fingerprint density at radius 2 is 2.25 bits per heavy atom. The summed E-state index contributed by atoms with van der Waals surface area (Å²) in [5, 5.41) is 5.85. The van der Waals surface area contributed by atoms with Crippen molar-refractivity contribution in [3.05, 3.63) is 47.4 Å². The van der Waals surface area contributed by atoms with E-state index >= 15 is 0 Å². The van der Waals surface area contributed by atoms with Gasteiger partial charge in [-0.05, 0) is 29.6 Å². The molecular formula is C13H10FN3OS2. The summed E-state index contributed by atoms with van der Waals surface area (Å²) in [6.45, 7) is 0. The Kier molecular flexibility index (Phi) is 3.70. The molecule has 0 radical (unpaired) electrons. The number of nitrogens with two attached hydrogens (primary N) is 1. The Balaban J connectivity index is 1.71. The second-order valence-corrected chi connectivity index (χ2v) is 5.93. The quantitative estimate of drug-likeness (QED) is 0.586. The minimum absolute atomic E-state index is 0.311. The number of anilines is 1. The van der Waals surface area contributed by atoms with Gasteiger partial charge >= 0.3 is 0 Å². The topological polar surface area (TPSA) is 64.9 Å². The van der Waals surface area contributed by atoms with E-state index in [1.807, 2.05) is 17.5 Å². The molecule has 1 aromatic carbocycles. The molecule has 20 heavy (non-hydrogen) atoms. The average molecular weight is 307 g/mol. The first-order chi connectivity index (χ1) is 9.72. The van der Waals surface area contributed by atoms with Gasteiger partial charge in [0.2, 0.25) is 0 Å². The highest BCUT2D eigenvalue weighted by molar-refractivity contribution is 7.98. The van der Waals surface area contributed by atoms with Crippen LogP contribution in [-0.2, 0) is 5.75 Å². The summed E-state index contributed by atoms with van der Waals surface area (Å²) in [6, 6.07) is 8.12. The fraction of sp³-hybridized carbons (Fsp3) is 0.0769. The van der Waals surface area contributed by atoms with Gasteiger partial charge in [0.1, 0.15) is 5.82 Å². The molecule has 0 atom stereocenters. The zero-order valence-electron chi connectivity index (χ0n) is 10.2. The number of hydrogen-bond acceptors (Lipinski definition) is 6. The van der Waals surface area contributed by atoms with E-state index in [4.69, 9.17) is 10.3 Å². The lowest BCUT2D eigenvalue weighted by Gasteiger charge is -2.02. The van der Waals surface area contributed by atoms with Crippen molar-refractivity contribution in [2.45, 2.75) is 10.6 Å². The summed E-state index contributed by atoms with van der Waals surface area (Å²) in [7, 11) is 0. The molecule has 0 bridgehead atoms. The van der Waals surface area contributed by atoms with Crippen LogP contribution in [0.3, 0.4) is 0 Å². The van der Waals surface area contributed by atoms with Crippen LogP contribution in [0.1, 0.15) is 5.82 Å². The molecule has 0 unspecified atom stereocenters. The fourth-order valence-electron chi connectivity index (χ4n) is 1.59. The van der Waals surface area contributed by atoms with Gasteiger partial charge in [0.05, 0.1) is 10.6 Å². The van der Waals surface area contributed by atoms with E-state index in [0.29, 0.717) is 28.1 Å². The van der Waals surface area contributed by atoms with Crippen LogP contribution in [-0.4, -0.2) is 10.1 Å². The number of halogens is 1. The number of thioether (sulfide) groups is 1. The van der Waals surface area contributed by atoms with Crippen molar-refractivity contribution in [2.24, 2.45) is 0 Å². The summed E-state index contributed by atoms with van der Waals surface area (Å²) < 4.78 is 18.3. The first-order valence-corrected chi connectivity index (χ1v) is 7.63. The maximum Gasteiger partial charge on any atom is 0.268 e. The van der Waals surface area contributed by atoms with Crippen LogP contribution in [0.4, 0.5) is 10.1 Å². The minimum atomic E-state index is -0.311. The maximum atomic E-state index is 13.1. The highest BCUT2D eigenvalue weighted by atomic mass is 32.2. The summed E-state index contributed by atoms with van der Waals surface area (Å²) in [5.41, 5.74) is 6.33. The third kappa shape index (κ3) is 2.83. The van der Waals surface area contributed by atoms with Crippen molar-refractivity contribution in [2.75, 3.05) is 5.73 Å². The molecule has 2 aromatic heterocycles. The first-order valence-electron chi connectivity index (χ1n) is 5.76. The molecule has 7 heteroatoms. The predicted molar refractivity (Wildman–Crippen MR) is 78.0 cm³/mol. The fourth-order valence-corrected chi connectivity index (χ4v) is 3.07. The van der Waals surface area contributed by atoms with Crippen molar-refractivity contribution in [3.8, 4) is 10.8 Å². The van der Waals surface area contributed by atoms with E-state index in [2.05, 4.69) is 10.1 Å². The zero-order valence-corrected chi connectivity index (χ0v) is 11.9. The molecule has 0 aliphatic carbocycles. The van der Waals surface area contributed by atoms with Crippen molar-refractivity contribution in [3.63, 3.8) is 0 Å². The van der Waals surface area contributed by atoms with Crippen LogP contribution in [0.15, 0.2) is 45.1 Å². The minimum Gasteiger partial charge on any atom is -0.398 e. The van der Waals surface area contributed by atoms with Crippen LogP contribution in [0.25, 0.3) is 10.8 Å². The molecule has 2 N–H and O–H groups in total. The van der Waals surface area contributed by atoms with Gasteiger partial charge in [-0.1, -0.05) is 11.2 Å². The molecule has 0 fully saturated rings. The number of benzene rings is 1. The van der Waals surface area contributed by atoms with E-state index in [0.717, 1.165) is 4.88 Å². The Bertz CT molecular complexity index is 712. The molecule has 0 saturated heterocycles. The van der Waals surface area contributed by atoms with Gasteiger partial charge in [0.15, 0.2) is 5.82 Å². The van der Waals surface area contributed by atoms with Gasteiger partial charge in [-0.25, -0.2) is 4.39 Å². The Labute approximate surface area is 122 Å². The smallest absolute Gasteiger partial charge is 0.268 e. The highest BCUT2D eigenvalue weighted by Gasteiger charge is 2.10. The maximum absolute atomic E-state index is 13.1. The van der Waals surface area contributed by atoms with E-state index in [-0.39, 0.29) is 5.82 Å². The lowest BCUT2D eigenvalue weighted by atomic mass is 10.3. The second-order valence-electron chi connectivity index (χ2n) is 3.96. The predicted octanol–water partition coefficient (Wildman–Crippen LogP) is 3.81. The lowest BCUT2D eigenvalue weighted by Crippen LogP contribution is -1.91. The van der Waals surface area contributed by atoms with Gasteiger partial charge in [-0.3, -0.25) is 0 Å². The normalized spacial score (nSPS) is 10.8. The number of nitrogens with zero attached hydrogens (tertiary/aromatic N) is 2. The van der Waals surface area contributed by atoms with E-state index in [1.165, 1.54) is 35.2 Å². The standard InChI is InChI=1S/C13H10FN3OS2/c14-8-3-4-9(15)11(6-8)20-7-12-16-13(18-17-12)10-2-1-5-19-10/h1-6H,7,15H2. The second kappa shape index (κ2) is 5.64. The van der Waals surface area contributed by atoms with Crippen LogP contribution in [0.2, 0.25) is 0 Å². The third-order valence-corrected chi connectivity index (χ3v) is 4.46. The van der Waals surface area contributed by atoms with Crippen LogP contribution in [0.5, 0.6) is 0 Å². The van der Waals surface area contributed by atoms with E-state index in [9.17, 15) is 4.39 Å². The number of aromatic nitrogens is 2. The summed E-state index contributed by atoms with van der Waals surface area (Å²) in [6.07, 6.45) is 0. The molecular weight excluding hydrogens is 297 g/mol. The van der Waals surface area contributed by atoms with E-state index < -0.39 is 0 Å². The molecule has 102 valence electrons. The largest absolute Gasteiger partial charge is 0.398 e. The first kappa shape index (κ1) is 13.1. The number of thiophene rings is 1. The molecule has 3 rings (SSSR count). The molecule has 0 saturated carbocycles. The average Bonchev–Trinajstić information content (AvgIpc) is 3.09. The number of hydrogen-bond donors (Lipinski definition) is 1. The molecule has 0 spiro atoms. The SMILES string of the molecule is Nc1ccc(F)cc1SCc1noc(-c2cccs2)n1. The summed E-state index contributed by atoms with van der Waals surface area (Å²) >= 11 is 2.91.